The van der Waals surface area contributed by atoms with Gasteiger partial charge in [0, 0.05) is 23.1 Å². The van der Waals surface area contributed by atoms with E-state index in [9.17, 15) is 22.8 Å². The molecule has 0 saturated carbocycles. The summed E-state index contributed by atoms with van der Waals surface area (Å²) >= 11 is 3.32. The SMILES string of the molecule is CN(CCCNC(=O)C1CCCN1C(=O)c1ccc(Br)cc1)CC(F)(F)F. The molecule has 1 aromatic carbocycles. The molecule has 1 saturated heterocycles. The summed E-state index contributed by atoms with van der Waals surface area (Å²) in [6.45, 7) is 0.0458. The smallest absolute Gasteiger partial charge is 0.354 e. The van der Waals surface area contributed by atoms with Gasteiger partial charge in [-0.25, -0.2) is 0 Å². The molecule has 0 aliphatic carbocycles. The van der Waals surface area contributed by atoms with Crippen molar-refractivity contribution in [1.29, 1.82) is 0 Å². The molecule has 1 aliphatic heterocycles. The van der Waals surface area contributed by atoms with E-state index in [1.165, 1.54) is 11.9 Å². The number of hydrogen-bond acceptors (Lipinski definition) is 3. The second-order valence-corrected chi connectivity index (χ2v) is 7.58. The summed E-state index contributed by atoms with van der Waals surface area (Å²) in [5.41, 5.74) is 0.520. The summed E-state index contributed by atoms with van der Waals surface area (Å²) in [5.74, 6) is -0.443. The van der Waals surface area contributed by atoms with Crippen LogP contribution in [0.5, 0.6) is 0 Å². The minimum Gasteiger partial charge on any atom is -0.354 e. The summed E-state index contributed by atoms with van der Waals surface area (Å²) in [6, 6.07) is 6.42. The van der Waals surface area contributed by atoms with Gasteiger partial charge in [-0.2, -0.15) is 13.2 Å². The molecule has 1 unspecified atom stereocenters. The minimum atomic E-state index is -4.23. The lowest BCUT2D eigenvalue weighted by molar-refractivity contribution is -0.143. The van der Waals surface area contributed by atoms with Crippen LogP contribution in [0.3, 0.4) is 0 Å². The normalized spacial score (nSPS) is 17.4. The molecule has 27 heavy (non-hydrogen) atoms. The quantitative estimate of drug-likeness (QED) is 0.650. The molecule has 1 atom stereocenters. The first-order valence-corrected chi connectivity index (χ1v) is 9.56. The third kappa shape index (κ3) is 6.80. The van der Waals surface area contributed by atoms with Gasteiger partial charge in [0.05, 0.1) is 6.54 Å². The maximum absolute atomic E-state index is 12.6. The number of halogens is 4. The van der Waals surface area contributed by atoms with E-state index in [1.54, 1.807) is 29.2 Å². The lowest BCUT2D eigenvalue weighted by Gasteiger charge is -2.24. The number of nitrogens with zero attached hydrogens (tertiary/aromatic N) is 2. The van der Waals surface area contributed by atoms with Gasteiger partial charge < -0.3 is 10.2 Å². The highest BCUT2D eigenvalue weighted by Gasteiger charge is 2.34. The van der Waals surface area contributed by atoms with Crippen LogP contribution in [0.15, 0.2) is 28.7 Å². The Morgan fingerprint density at radius 1 is 1.30 bits per heavy atom. The fourth-order valence-electron chi connectivity index (χ4n) is 3.10. The standard InChI is InChI=1S/C18H23BrF3N3O2/c1-24(12-18(20,21)22)10-3-9-23-16(26)15-4-2-11-25(15)17(27)13-5-7-14(19)8-6-13/h5-8,15H,2-4,9-12H2,1H3,(H,23,26). The van der Waals surface area contributed by atoms with Crippen LogP contribution in [-0.4, -0.2) is 67.1 Å². The van der Waals surface area contributed by atoms with Crippen molar-refractivity contribution >= 4 is 27.7 Å². The minimum absolute atomic E-state index is 0.190. The molecule has 1 aliphatic rings. The predicted molar refractivity (Wildman–Crippen MR) is 99.4 cm³/mol. The van der Waals surface area contributed by atoms with Crippen LogP contribution in [0.25, 0.3) is 0 Å². The van der Waals surface area contributed by atoms with Gasteiger partial charge in [0.1, 0.15) is 6.04 Å². The van der Waals surface area contributed by atoms with Gasteiger partial charge in [0.25, 0.3) is 5.91 Å². The Balaban J connectivity index is 1.81. The van der Waals surface area contributed by atoms with E-state index in [2.05, 4.69) is 21.2 Å². The molecular formula is C18H23BrF3N3O2. The van der Waals surface area contributed by atoms with Crippen molar-refractivity contribution in [2.75, 3.05) is 33.2 Å². The van der Waals surface area contributed by atoms with Crippen LogP contribution < -0.4 is 5.32 Å². The third-order valence-electron chi connectivity index (χ3n) is 4.37. The van der Waals surface area contributed by atoms with Gasteiger partial charge in [-0.05, 0) is 57.1 Å². The zero-order chi connectivity index (χ0) is 20.0. The monoisotopic (exact) mass is 449 g/mol. The van der Waals surface area contributed by atoms with Crippen molar-refractivity contribution in [2.24, 2.45) is 0 Å². The Bertz CT molecular complexity index is 652. The number of nitrogens with one attached hydrogen (secondary N) is 1. The van der Waals surface area contributed by atoms with Crippen molar-refractivity contribution in [2.45, 2.75) is 31.5 Å². The van der Waals surface area contributed by atoms with Crippen molar-refractivity contribution in [1.82, 2.24) is 15.1 Å². The zero-order valence-corrected chi connectivity index (χ0v) is 16.6. The van der Waals surface area contributed by atoms with E-state index >= 15 is 0 Å². The third-order valence-corrected chi connectivity index (χ3v) is 4.90. The summed E-state index contributed by atoms with van der Waals surface area (Å²) < 4.78 is 37.7. The number of carbonyl (C=O) groups is 2. The zero-order valence-electron chi connectivity index (χ0n) is 15.1. The first-order chi connectivity index (χ1) is 12.7. The average molecular weight is 450 g/mol. The van der Waals surface area contributed by atoms with E-state index in [0.717, 1.165) is 10.9 Å². The van der Waals surface area contributed by atoms with Crippen LogP contribution in [0.1, 0.15) is 29.6 Å². The lowest BCUT2D eigenvalue weighted by Crippen LogP contribution is -2.46. The fraction of sp³-hybridized carbons (Fsp3) is 0.556. The summed E-state index contributed by atoms with van der Waals surface area (Å²) in [4.78, 5) is 27.8. The molecular weight excluding hydrogens is 427 g/mol. The number of hydrogen-bond donors (Lipinski definition) is 1. The van der Waals surface area contributed by atoms with Gasteiger partial charge in [-0.15, -0.1) is 0 Å². The van der Waals surface area contributed by atoms with Gasteiger partial charge in [-0.3, -0.25) is 14.5 Å². The van der Waals surface area contributed by atoms with Crippen LogP contribution in [0.4, 0.5) is 13.2 Å². The number of alkyl halides is 3. The van der Waals surface area contributed by atoms with E-state index in [1.807, 2.05) is 0 Å². The maximum atomic E-state index is 12.6. The molecule has 1 fully saturated rings. The Labute approximate surface area is 165 Å². The predicted octanol–water partition coefficient (Wildman–Crippen LogP) is 3.05. The Morgan fingerprint density at radius 3 is 2.59 bits per heavy atom. The first kappa shape index (κ1) is 21.7. The first-order valence-electron chi connectivity index (χ1n) is 8.77. The largest absolute Gasteiger partial charge is 0.401 e. The van der Waals surface area contributed by atoms with E-state index in [0.29, 0.717) is 24.9 Å². The highest BCUT2D eigenvalue weighted by Crippen LogP contribution is 2.21. The van der Waals surface area contributed by atoms with Crippen molar-refractivity contribution in [3.63, 3.8) is 0 Å². The number of rotatable bonds is 7. The molecule has 5 nitrogen and oxygen atoms in total. The van der Waals surface area contributed by atoms with Gasteiger partial charge in [0.2, 0.25) is 5.91 Å². The molecule has 0 aromatic heterocycles. The van der Waals surface area contributed by atoms with E-state index in [4.69, 9.17) is 0 Å². The second-order valence-electron chi connectivity index (χ2n) is 6.66. The van der Waals surface area contributed by atoms with Crippen molar-refractivity contribution < 1.29 is 22.8 Å². The Hall–Kier alpha value is -1.61. The number of benzene rings is 1. The second kappa shape index (κ2) is 9.54. The van der Waals surface area contributed by atoms with Crippen LogP contribution in [-0.2, 0) is 4.79 Å². The summed E-state index contributed by atoms with van der Waals surface area (Å²) in [7, 11) is 1.39. The highest BCUT2D eigenvalue weighted by atomic mass is 79.9. The van der Waals surface area contributed by atoms with E-state index in [-0.39, 0.29) is 24.9 Å². The summed E-state index contributed by atoms with van der Waals surface area (Å²) in [5, 5.41) is 2.74. The maximum Gasteiger partial charge on any atom is 0.401 e. The summed E-state index contributed by atoms with van der Waals surface area (Å²) in [6.07, 6.45) is -2.49. The van der Waals surface area contributed by atoms with Crippen molar-refractivity contribution in [3.8, 4) is 0 Å². The van der Waals surface area contributed by atoms with E-state index < -0.39 is 18.8 Å². The van der Waals surface area contributed by atoms with Crippen LogP contribution >= 0.6 is 15.9 Å². The number of amides is 2. The molecule has 1 aromatic rings. The molecule has 2 rings (SSSR count). The topological polar surface area (TPSA) is 52.7 Å². The van der Waals surface area contributed by atoms with Gasteiger partial charge >= 0.3 is 6.18 Å². The number of carbonyl (C=O) groups excluding carboxylic acids is 2. The van der Waals surface area contributed by atoms with Crippen LogP contribution in [0.2, 0.25) is 0 Å². The van der Waals surface area contributed by atoms with Gasteiger partial charge in [0.15, 0.2) is 0 Å². The highest BCUT2D eigenvalue weighted by molar-refractivity contribution is 9.10. The number of likely N-dealkylation sites (tertiary alicyclic amines) is 1. The van der Waals surface area contributed by atoms with Gasteiger partial charge in [-0.1, -0.05) is 15.9 Å². The molecule has 2 amide bonds. The average Bonchev–Trinajstić information content (AvgIpc) is 3.07. The van der Waals surface area contributed by atoms with Crippen LogP contribution in [0, 0.1) is 0 Å². The fourth-order valence-corrected chi connectivity index (χ4v) is 3.37. The molecule has 1 N–H and O–H groups in total. The molecule has 150 valence electrons. The Morgan fingerprint density at radius 2 is 1.96 bits per heavy atom. The lowest BCUT2D eigenvalue weighted by atomic mass is 10.1. The molecule has 0 bridgehead atoms. The molecule has 0 radical (unpaired) electrons. The van der Waals surface area contributed by atoms with Crippen molar-refractivity contribution in [3.05, 3.63) is 34.3 Å². The molecule has 0 spiro atoms. The Kier molecular flexibility index (Phi) is 7.67. The molecule has 1 heterocycles. The molecule has 9 heteroatoms.